The second kappa shape index (κ2) is 4.41. The van der Waals surface area contributed by atoms with Gasteiger partial charge in [0, 0.05) is 5.56 Å². The number of hydrogen-bond acceptors (Lipinski definition) is 0. The average Bonchev–Trinajstić information content (AvgIpc) is 2.16. The minimum absolute atomic E-state index is 0.451. The van der Waals surface area contributed by atoms with Crippen LogP contribution in [0.5, 0.6) is 0 Å². The smallest absolute Gasteiger partial charge is 0.0573 e. The van der Waals surface area contributed by atoms with Gasteiger partial charge in [-0.05, 0) is 23.0 Å². The Labute approximate surface area is 86.7 Å². The Balaban J connectivity index is 3.32. The standard InChI is InChI=1S/C13H18N/c1-9(2)11-6-5-7-12(10(3)4)13(11)8-14/h5-10H,1-4H3. The van der Waals surface area contributed by atoms with E-state index in [1.54, 1.807) is 0 Å². The molecule has 0 bridgehead atoms. The quantitative estimate of drug-likeness (QED) is 0.650. The summed E-state index contributed by atoms with van der Waals surface area (Å²) in [5, 5.41) is 9.27. The predicted molar refractivity (Wildman–Crippen MR) is 61.9 cm³/mol. The molecule has 0 amide bonds. The Hall–Kier alpha value is -1.11. The fourth-order valence-corrected chi connectivity index (χ4v) is 1.76. The average molecular weight is 188 g/mol. The van der Waals surface area contributed by atoms with Crippen LogP contribution in [0.1, 0.15) is 56.2 Å². The summed E-state index contributed by atoms with van der Waals surface area (Å²) in [6.07, 6.45) is 1.24. The third kappa shape index (κ3) is 2.03. The Bertz CT molecular complexity index is 298. The predicted octanol–water partition coefficient (Wildman–Crippen LogP) is 3.15. The number of nitrogens with zero attached hydrogens (tertiary/aromatic N) is 1. The third-order valence-electron chi connectivity index (χ3n) is 2.55. The molecule has 1 radical (unpaired) electrons. The molecule has 75 valence electrons. The molecule has 1 nitrogen and oxygen atoms in total. The number of rotatable bonds is 3. The molecule has 1 aromatic carbocycles. The molecule has 0 atom stereocenters. The molecule has 1 rings (SSSR count). The van der Waals surface area contributed by atoms with Gasteiger partial charge in [-0.1, -0.05) is 45.9 Å². The van der Waals surface area contributed by atoms with Crippen LogP contribution in [0.2, 0.25) is 0 Å². The summed E-state index contributed by atoms with van der Waals surface area (Å²) in [6, 6.07) is 6.23. The molecule has 14 heavy (non-hydrogen) atoms. The van der Waals surface area contributed by atoms with Crippen LogP contribution in [0.15, 0.2) is 18.2 Å². The van der Waals surface area contributed by atoms with Gasteiger partial charge in [0.2, 0.25) is 0 Å². The lowest BCUT2D eigenvalue weighted by Crippen LogP contribution is -2.02. The summed E-state index contributed by atoms with van der Waals surface area (Å²) in [5.74, 6) is 0.902. The summed E-state index contributed by atoms with van der Waals surface area (Å²) < 4.78 is 0. The third-order valence-corrected chi connectivity index (χ3v) is 2.55. The van der Waals surface area contributed by atoms with Crippen molar-refractivity contribution in [3.05, 3.63) is 34.9 Å². The zero-order valence-corrected chi connectivity index (χ0v) is 9.41. The normalized spacial score (nSPS) is 11.0. The number of benzene rings is 1. The molecule has 0 N–H and O–H groups in total. The van der Waals surface area contributed by atoms with Crippen molar-refractivity contribution < 1.29 is 0 Å². The summed E-state index contributed by atoms with van der Waals surface area (Å²) in [7, 11) is 0. The molecule has 0 unspecified atom stereocenters. The zero-order chi connectivity index (χ0) is 10.7. The highest BCUT2D eigenvalue weighted by molar-refractivity contribution is 5.83. The Kier molecular flexibility index (Phi) is 3.45. The summed E-state index contributed by atoms with van der Waals surface area (Å²) in [5.41, 5.74) is 3.44. The first-order valence-electron chi connectivity index (χ1n) is 5.18. The highest BCUT2D eigenvalue weighted by atomic mass is 14.3. The maximum absolute atomic E-state index is 9.27. The topological polar surface area (TPSA) is 22.3 Å². The van der Waals surface area contributed by atoms with Crippen molar-refractivity contribution >= 4 is 6.21 Å². The van der Waals surface area contributed by atoms with Crippen molar-refractivity contribution in [3.63, 3.8) is 0 Å². The van der Waals surface area contributed by atoms with Gasteiger partial charge in [0.25, 0.3) is 0 Å². The van der Waals surface area contributed by atoms with Crippen LogP contribution < -0.4 is 5.41 Å². The molecule has 0 spiro atoms. The Morgan fingerprint density at radius 3 is 1.71 bits per heavy atom. The van der Waals surface area contributed by atoms with Crippen LogP contribution in [0.4, 0.5) is 0 Å². The van der Waals surface area contributed by atoms with Crippen LogP contribution in [-0.2, 0) is 0 Å². The van der Waals surface area contributed by atoms with Crippen LogP contribution in [0, 0.1) is 0 Å². The maximum Gasteiger partial charge on any atom is 0.0573 e. The first kappa shape index (κ1) is 11.0. The Morgan fingerprint density at radius 1 is 1.00 bits per heavy atom. The fraction of sp³-hybridized carbons (Fsp3) is 0.462. The molecule has 1 heteroatoms. The largest absolute Gasteiger partial charge is 0.158 e. The van der Waals surface area contributed by atoms with E-state index in [1.165, 1.54) is 17.3 Å². The molecule has 0 saturated heterocycles. The van der Waals surface area contributed by atoms with Crippen molar-refractivity contribution in [2.75, 3.05) is 0 Å². The molecular weight excluding hydrogens is 170 g/mol. The highest BCUT2D eigenvalue weighted by Gasteiger charge is 2.11. The second-order valence-corrected chi connectivity index (χ2v) is 4.29. The van der Waals surface area contributed by atoms with Crippen molar-refractivity contribution in [2.24, 2.45) is 0 Å². The van der Waals surface area contributed by atoms with E-state index >= 15 is 0 Å². The minimum atomic E-state index is 0.451. The first-order valence-corrected chi connectivity index (χ1v) is 5.18. The van der Waals surface area contributed by atoms with E-state index in [0.29, 0.717) is 11.8 Å². The van der Waals surface area contributed by atoms with Gasteiger partial charge in [0.1, 0.15) is 0 Å². The van der Waals surface area contributed by atoms with Gasteiger partial charge in [-0.15, -0.1) is 0 Å². The van der Waals surface area contributed by atoms with Gasteiger partial charge in [-0.2, -0.15) is 5.41 Å². The van der Waals surface area contributed by atoms with Crippen molar-refractivity contribution in [2.45, 2.75) is 39.5 Å². The van der Waals surface area contributed by atoms with Gasteiger partial charge < -0.3 is 0 Å². The molecule has 0 fully saturated rings. The lowest BCUT2D eigenvalue weighted by molar-refractivity contribution is 0.830. The van der Waals surface area contributed by atoms with Crippen molar-refractivity contribution in [1.29, 1.82) is 0 Å². The zero-order valence-electron chi connectivity index (χ0n) is 9.41. The van der Waals surface area contributed by atoms with Crippen molar-refractivity contribution in [1.82, 2.24) is 5.41 Å². The van der Waals surface area contributed by atoms with E-state index in [0.717, 1.165) is 5.56 Å². The van der Waals surface area contributed by atoms with Gasteiger partial charge in [0.15, 0.2) is 0 Å². The second-order valence-electron chi connectivity index (χ2n) is 4.29. The molecule has 0 aliphatic carbocycles. The molecular formula is C13H18N. The lowest BCUT2D eigenvalue weighted by Gasteiger charge is -2.15. The molecule has 0 aliphatic rings. The van der Waals surface area contributed by atoms with E-state index in [9.17, 15) is 5.41 Å². The van der Waals surface area contributed by atoms with Gasteiger partial charge in [-0.3, -0.25) is 0 Å². The van der Waals surface area contributed by atoms with Gasteiger partial charge in [0.05, 0.1) is 6.21 Å². The molecule has 0 saturated carbocycles. The van der Waals surface area contributed by atoms with Crippen molar-refractivity contribution in [3.8, 4) is 0 Å². The molecule has 0 heterocycles. The number of hydrogen-bond donors (Lipinski definition) is 0. The minimum Gasteiger partial charge on any atom is -0.158 e. The monoisotopic (exact) mass is 188 g/mol. The molecule has 0 aromatic heterocycles. The van der Waals surface area contributed by atoms with Crippen LogP contribution in [0.3, 0.4) is 0 Å². The Morgan fingerprint density at radius 2 is 1.43 bits per heavy atom. The van der Waals surface area contributed by atoms with Gasteiger partial charge >= 0.3 is 0 Å². The SMILES string of the molecule is CC(C)c1cccc(C(C)C)c1C=[N]. The van der Waals surface area contributed by atoms with E-state index < -0.39 is 0 Å². The van der Waals surface area contributed by atoms with E-state index in [2.05, 4.69) is 45.9 Å². The van der Waals surface area contributed by atoms with Crippen LogP contribution in [-0.4, -0.2) is 6.21 Å². The highest BCUT2D eigenvalue weighted by Crippen LogP contribution is 2.25. The summed E-state index contributed by atoms with van der Waals surface area (Å²) in [4.78, 5) is 0. The lowest BCUT2D eigenvalue weighted by atomic mass is 9.89. The summed E-state index contributed by atoms with van der Waals surface area (Å²) in [6.45, 7) is 8.58. The van der Waals surface area contributed by atoms with E-state index in [-0.39, 0.29) is 0 Å². The molecule has 0 aliphatic heterocycles. The molecule has 1 aromatic rings. The first-order chi connectivity index (χ1) is 6.57. The summed E-state index contributed by atoms with van der Waals surface area (Å²) >= 11 is 0. The fourth-order valence-electron chi connectivity index (χ4n) is 1.76. The maximum atomic E-state index is 9.27. The van der Waals surface area contributed by atoms with E-state index in [1.807, 2.05) is 0 Å². The van der Waals surface area contributed by atoms with Crippen LogP contribution >= 0.6 is 0 Å². The van der Waals surface area contributed by atoms with Crippen LogP contribution in [0.25, 0.3) is 0 Å². The van der Waals surface area contributed by atoms with E-state index in [4.69, 9.17) is 0 Å². The van der Waals surface area contributed by atoms with Gasteiger partial charge in [-0.25, -0.2) is 0 Å².